The fraction of sp³-hybridized carbons (Fsp3) is 0.300. The van der Waals surface area contributed by atoms with Crippen molar-refractivity contribution in [3.8, 4) is 0 Å². The van der Waals surface area contributed by atoms with Crippen molar-refractivity contribution in [2.75, 3.05) is 6.26 Å². The average Bonchev–Trinajstić information content (AvgIpc) is 2.60. The second-order valence-electron chi connectivity index (χ2n) is 6.64. The molecule has 28 heavy (non-hydrogen) atoms. The molecule has 0 fully saturated rings. The third-order valence-electron chi connectivity index (χ3n) is 4.23. The fourth-order valence-electron chi connectivity index (χ4n) is 2.77. The van der Waals surface area contributed by atoms with E-state index in [0.717, 1.165) is 21.9 Å². The lowest BCUT2D eigenvalue weighted by molar-refractivity contribution is -0.123. The Morgan fingerprint density at radius 3 is 2.00 bits per heavy atom. The van der Waals surface area contributed by atoms with Crippen molar-refractivity contribution in [1.29, 1.82) is 0 Å². The van der Waals surface area contributed by atoms with E-state index < -0.39 is 15.9 Å². The Labute approximate surface area is 173 Å². The van der Waals surface area contributed by atoms with Crippen LogP contribution in [-0.2, 0) is 19.4 Å². The summed E-state index contributed by atoms with van der Waals surface area (Å²) in [5.41, 5.74) is 1.62. The van der Waals surface area contributed by atoms with Crippen molar-refractivity contribution < 1.29 is 18.0 Å². The molecule has 0 aliphatic rings. The van der Waals surface area contributed by atoms with Gasteiger partial charge in [-0.15, -0.1) is 0 Å². The van der Waals surface area contributed by atoms with Crippen molar-refractivity contribution in [2.45, 2.75) is 37.2 Å². The normalized spacial score (nSPS) is 13.4. The number of hydrogen-bond donors (Lipinski definition) is 2. The van der Waals surface area contributed by atoms with Gasteiger partial charge in [-0.3, -0.25) is 9.59 Å². The van der Waals surface area contributed by atoms with Crippen LogP contribution in [0.1, 0.15) is 43.5 Å². The Bertz CT molecular complexity index is 941. The number of nitrogens with one attached hydrogen (secondary N) is 2. The fourth-order valence-corrected chi connectivity index (χ4v) is 3.66. The minimum absolute atomic E-state index is 0.0903. The monoisotopic (exact) mass is 466 g/mol. The molecule has 0 heterocycles. The Kier molecular flexibility index (Phi) is 7.37. The van der Waals surface area contributed by atoms with Gasteiger partial charge in [-0.25, -0.2) is 8.42 Å². The second kappa shape index (κ2) is 9.34. The van der Waals surface area contributed by atoms with Crippen LogP contribution >= 0.6 is 15.9 Å². The zero-order valence-electron chi connectivity index (χ0n) is 15.9. The predicted octanol–water partition coefficient (Wildman–Crippen LogP) is 3.30. The highest BCUT2D eigenvalue weighted by atomic mass is 79.9. The SMILES string of the molecule is CC(=O)NC(CC(=O)NC(C)c1ccc(S(C)(=O)=O)cc1)c1ccc(Br)cc1. The van der Waals surface area contributed by atoms with Gasteiger partial charge in [-0.1, -0.05) is 40.2 Å². The van der Waals surface area contributed by atoms with Crippen molar-refractivity contribution >= 4 is 37.6 Å². The summed E-state index contributed by atoms with van der Waals surface area (Å²) in [5, 5.41) is 5.69. The maximum Gasteiger partial charge on any atom is 0.222 e. The van der Waals surface area contributed by atoms with Crippen LogP contribution in [0, 0.1) is 0 Å². The van der Waals surface area contributed by atoms with Gasteiger partial charge in [0, 0.05) is 17.7 Å². The van der Waals surface area contributed by atoms with Crippen LogP contribution in [0.5, 0.6) is 0 Å². The smallest absolute Gasteiger partial charge is 0.222 e. The number of rotatable bonds is 7. The molecule has 0 spiro atoms. The molecule has 8 heteroatoms. The number of benzene rings is 2. The minimum Gasteiger partial charge on any atom is -0.350 e. The molecule has 0 bridgehead atoms. The molecule has 0 radical (unpaired) electrons. The minimum atomic E-state index is -3.26. The van der Waals surface area contributed by atoms with Gasteiger partial charge in [0.05, 0.1) is 23.4 Å². The van der Waals surface area contributed by atoms with E-state index in [4.69, 9.17) is 0 Å². The predicted molar refractivity (Wildman–Crippen MR) is 111 cm³/mol. The Hall–Kier alpha value is -2.19. The first-order valence-electron chi connectivity index (χ1n) is 8.68. The molecular formula is C20H23BrN2O4S. The number of carbonyl (C=O) groups is 2. The van der Waals surface area contributed by atoms with E-state index in [0.29, 0.717) is 0 Å². The van der Waals surface area contributed by atoms with E-state index >= 15 is 0 Å². The summed E-state index contributed by atoms with van der Waals surface area (Å²) in [7, 11) is -3.26. The lowest BCUT2D eigenvalue weighted by atomic mass is 10.0. The Balaban J connectivity index is 2.06. The molecule has 2 amide bonds. The largest absolute Gasteiger partial charge is 0.350 e. The van der Waals surface area contributed by atoms with E-state index in [1.807, 2.05) is 31.2 Å². The molecule has 0 aliphatic carbocycles. The quantitative estimate of drug-likeness (QED) is 0.654. The summed E-state index contributed by atoms with van der Waals surface area (Å²) in [6, 6.07) is 13.1. The van der Waals surface area contributed by atoms with Crippen LogP contribution < -0.4 is 10.6 Å². The molecular weight excluding hydrogens is 444 g/mol. The van der Waals surface area contributed by atoms with Gasteiger partial charge in [0.1, 0.15) is 0 Å². The molecule has 150 valence electrons. The highest BCUT2D eigenvalue weighted by molar-refractivity contribution is 9.10. The summed E-state index contributed by atoms with van der Waals surface area (Å²) in [4.78, 5) is 24.3. The molecule has 2 aromatic carbocycles. The van der Waals surface area contributed by atoms with Crippen molar-refractivity contribution in [2.24, 2.45) is 0 Å². The van der Waals surface area contributed by atoms with Crippen LogP contribution in [-0.4, -0.2) is 26.5 Å². The number of sulfone groups is 1. The molecule has 0 aromatic heterocycles. The van der Waals surface area contributed by atoms with E-state index in [-0.39, 0.29) is 29.2 Å². The van der Waals surface area contributed by atoms with Crippen LogP contribution in [0.3, 0.4) is 0 Å². The lowest BCUT2D eigenvalue weighted by Gasteiger charge is -2.20. The molecule has 0 aliphatic heterocycles. The first kappa shape index (κ1) is 22.1. The lowest BCUT2D eigenvalue weighted by Crippen LogP contribution is -2.33. The molecule has 2 N–H and O–H groups in total. The first-order chi connectivity index (χ1) is 13.1. The highest BCUT2D eigenvalue weighted by Crippen LogP contribution is 2.21. The average molecular weight is 467 g/mol. The van der Waals surface area contributed by atoms with Gasteiger partial charge < -0.3 is 10.6 Å². The van der Waals surface area contributed by atoms with Crippen LogP contribution in [0.15, 0.2) is 57.9 Å². The summed E-state index contributed by atoms with van der Waals surface area (Å²) in [6.07, 6.45) is 1.24. The molecule has 2 aromatic rings. The van der Waals surface area contributed by atoms with Gasteiger partial charge in [0.2, 0.25) is 11.8 Å². The number of hydrogen-bond acceptors (Lipinski definition) is 4. The summed E-state index contributed by atoms with van der Waals surface area (Å²) in [6.45, 7) is 3.23. The number of amides is 2. The van der Waals surface area contributed by atoms with Gasteiger partial charge >= 0.3 is 0 Å². The van der Waals surface area contributed by atoms with Gasteiger partial charge in [0.25, 0.3) is 0 Å². The van der Waals surface area contributed by atoms with Crippen molar-refractivity contribution in [1.82, 2.24) is 10.6 Å². The third-order valence-corrected chi connectivity index (χ3v) is 5.88. The van der Waals surface area contributed by atoms with E-state index in [9.17, 15) is 18.0 Å². The van der Waals surface area contributed by atoms with Crippen LogP contribution in [0.4, 0.5) is 0 Å². The standard InChI is InChI=1S/C20H23BrN2O4S/c1-13(15-6-10-18(11-7-15)28(3,26)27)22-20(25)12-19(23-14(2)24)16-4-8-17(21)9-5-16/h4-11,13,19H,12H2,1-3H3,(H,22,25)(H,23,24). The summed E-state index contributed by atoms with van der Waals surface area (Å²) < 4.78 is 24.0. The van der Waals surface area contributed by atoms with Gasteiger partial charge in [0.15, 0.2) is 9.84 Å². The van der Waals surface area contributed by atoms with Crippen LogP contribution in [0.2, 0.25) is 0 Å². The zero-order valence-corrected chi connectivity index (χ0v) is 18.3. The Morgan fingerprint density at radius 2 is 1.50 bits per heavy atom. The van der Waals surface area contributed by atoms with Crippen molar-refractivity contribution in [3.63, 3.8) is 0 Å². The van der Waals surface area contributed by atoms with E-state index in [1.165, 1.54) is 19.1 Å². The van der Waals surface area contributed by atoms with E-state index in [1.54, 1.807) is 12.1 Å². The second-order valence-corrected chi connectivity index (χ2v) is 9.57. The molecule has 2 rings (SSSR count). The maximum atomic E-state index is 12.5. The summed E-state index contributed by atoms with van der Waals surface area (Å²) in [5.74, 6) is -0.438. The maximum absolute atomic E-state index is 12.5. The number of halogens is 1. The van der Waals surface area contributed by atoms with Gasteiger partial charge in [-0.2, -0.15) is 0 Å². The van der Waals surface area contributed by atoms with Crippen LogP contribution in [0.25, 0.3) is 0 Å². The molecule has 2 unspecified atom stereocenters. The zero-order chi connectivity index (χ0) is 20.9. The highest BCUT2D eigenvalue weighted by Gasteiger charge is 2.19. The molecule has 0 saturated heterocycles. The summed E-state index contributed by atoms with van der Waals surface area (Å²) >= 11 is 3.37. The van der Waals surface area contributed by atoms with Gasteiger partial charge in [-0.05, 0) is 42.3 Å². The van der Waals surface area contributed by atoms with Crippen molar-refractivity contribution in [3.05, 3.63) is 64.1 Å². The topological polar surface area (TPSA) is 92.3 Å². The van der Waals surface area contributed by atoms with E-state index in [2.05, 4.69) is 26.6 Å². The number of carbonyl (C=O) groups excluding carboxylic acids is 2. The molecule has 6 nitrogen and oxygen atoms in total. The third kappa shape index (κ3) is 6.45. The molecule has 2 atom stereocenters. The molecule has 0 saturated carbocycles. The Morgan fingerprint density at radius 1 is 0.964 bits per heavy atom. The first-order valence-corrected chi connectivity index (χ1v) is 11.4.